The molecule has 0 unspecified atom stereocenters. The minimum absolute atomic E-state index is 0.0736. The van der Waals surface area contributed by atoms with Gasteiger partial charge in [-0.25, -0.2) is 0 Å². The molecule has 0 N–H and O–H groups in total. The van der Waals surface area contributed by atoms with Crippen molar-refractivity contribution in [2.45, 2.75) is 0 Å². The number of nitrogens with zero attached hydrogens (tertiary/aromatic N) is 2. The molecule has 0 saturated carbocycles. The smallest absolute Gasteiger partial charge is 0.313 e. The first-order chi connectivity index (χ1) is 9.10. The number of rotatable bonds is 3. The van der Waals surface area contributed by atoms with Gasteiger partial charge in [0.05, 0.1) is 16.6 Å². The van der Waals surface area contributed by atoms with Crippen LogP contribution in [0, 0.1) is 21.4 Å². The fourth-order valence-electron chi connectivity index (χ4n) is 1.48. The van der Waals surface area contributed by atoms with E-state index in [-0.39, 0.29) is 16.5 Å². The van der Waals surface area contributed by atoms with Gasteiger partial charge < -0.3 is 4.74 Å². The van der Waals surface area contributed by atoms with Crippen LogP contribution in [0.15, 0.2) is 42.5 Å². The predicted molar refractivity (Wildman–Crippen MR) is 69.3 cm³/mol. The summed E-state index contributed by atoms with van der Waals surface area (Å²) in [4.78, 5) is 10.3. The largest absolute Gasteiger partial charge is 0.450 e. The average molecular weight is 275 g/mol. The van der Waals surface area contributed by atoms with E-state index in [4.69, 9.17) is 21.6 Å². The van der Waals surface area contributed by atoms with Gasteiger partial charge in [-0.3, -0.25) is 10.1 Å². The number of halogens is 1. The first kappa shape index (κ1) is 12.9. The van der Waals surface area contributed by atoms with Crippen molar-refractivity contribution in [1.82, 2.24) is 0 Å². The number of nitriles is 1. The Morgan fingerprint density at radius 1 is 1.26 bits per heavy atom. The summed E-state index contributed by atoms with van der Waals surface area (Å²) < 4.78 is 5.42. The van der Waals surface area contributed by atoms with Crippen LogP contribution in [0.3, 0.4) is 0 Å². The fraction of sp³-hybridized carbons (Fsp3) is 0. The van der Waals surface area contributed by atoms with E-state index < -0.39 is 4.92 Å². The maximum Gasteiger partial charge on any atom is 0.313 e. The van der Waals surface area contributed by atoms with Gasteiger partial charge >= 0.3 is 5.69 Å². The molecule has 0 aliphatic rings. The number of hydrogen-bond donors (Lipinski definition) is 0. The van der Waals surface area contributed by atoms with E-state index in [0.29, 0.717) is 11.3 Å². The first-order valence-corrected chi connectivity index (χ1v) is 5.60. The minimum atomic E-state index is -0.574. The lowest BCUT2D eigenvalue weighted by Gasteiger charge is -2.06. The quantitative estimate of drug-likeness (QED) is 0.628. The van der Waals surface area contributed by atoms with Gasteiger partial charge in [0.2, 0.25) is 5.75 Å². The number of ether oxygens (including phenoxy) is 1. The lowest BCUT2D eigenvalue weighted by atomic mass is 10.2. The third-order valence-corrected chi connectivity index (χ3v) is 2.54. The molecule has 5 nitrogen and oxygen atoms in total. The van der Waals surface area contributed by atoms with Crippen molar-refractivity contribution >= 4 is 17.3 Å². The van der Waals surface area contributed by atoms with Gasteiger partial charge in [0.15, 0.2) is 0 Å². The molecule has 0 bridgehead atoms. The van der Waals surface area contributed by atoms with Crippen LogP contribution in [0.2, 0.25) is 5.02 Å². The van der Waals surface area contributed by atoms with Gasteiger partial charge in [-0.05, 0) is 30.3 Å². The van der Waals surface area contributed by atoms with E-state index in [2.05, 4.69) is 0 Å². The standard InChI is InChI=1S/C13H7ClN2O3/c14-10-4-5-13(12(7-10)16(17)18)19-11-3-1-2-9(6-11)8-15/h1-7H. The highest BCUT2D eigenvalue weighted by Gasteiger charge is 2.16. The topological polar surface area (TPSA) is 76.2 Å². The van der Waals surface area contributed by atoms with Gasteiger partial charge in [-0.2, -0.15) is 5.26 Å². The summed E-state index contributed by atoms with van der Waals surface area (Å²) in [5, 5.41) is 19.9. The lowest BCUT2D eigenvalue weighted by molar-refractivity contribution is -0.385. The van der Waals surface area contributed by atoms with Crippen molar-refractivity contribution < 1.29 is 9.66 Å². The number of hydrogen-bond acceptors (Lipinski definition) is 4. The summed E-state index contributed by atoms with van der Waals surface area (Å²) in [7, 11) is 0. The molecule has 0 amide bonds. The number of nitro benzene ring substituents is 1. The van der Waals surface area contributed by atoms with Gasteiger partial charge in [-0.15, -0.1) is 0 Å². The summed E-state index contributed by atoms with van der Waals surface area (Å²) in [5.74, 6) is 0.425. The molecular formula is C13H7ClN2O3. The summed E-state index contributed by atoms with van der Waals surface area (Å²) in [6.45, 7) is 0. The molecule has 0 aromatic heterocycles. The predicted octanol–water partition coefficient (Wildman–Crippen LogP) is 3.91. The normalized spacial score (nSPS) is 9.68. The van der Waals surface area contributed by atoms with Crippen LogP contribution in [0.4, 0.5) is 5.69 Å². The minimum Gasteiger partial charge on any atom is -0.450 e. The van der Waals surface area contributed by atoms with Crippen molar-refractivity contribution in [3.63, 3.8) is 0 Å². The monoisotopic (exact) mass is 274 g/mol. The van der Waals surface area contributed by atoms with Crippen molar-refractivity contribution in [3.05, 3.63) is 63.2 Å². The van der Waals surface area contributed by atoms with Crippen LogP contribution in [0.25, 0.3) is 0 Å². The molecule has 0 aliphatic heterocycles. The zero-order valence-corrected chi connectivity index (χ0v) is 10.3. The van der Waals surface area contributed by atoms with E-state index in [0.717, 1.165) is 0 Å². The van der Waals surface area contributed by atoms with Crippen molar-refractivity contribution in [2.24, 2.45) is 0 Å². The van der Waals surface area contributed by atoms with E-state index in [1.165, 1.54) is 24.3 Å². The molecule has 2 rings (SSSR count). The molecule has 2 aromatic rings. The van der Waals surface area contributed by atoms with Crippen LogP contribution in [0.1, 0.15) is 5.56 Å². The van der Waals surface area contributed by atoms with Crippen LogP contribution in [-0.4, -0.2) is 4.92 Å². The number of benzene rings is 2. The van der Waals surface area contributed by atoms with Gasteiger partial charge in [0, 0.05) is 11.1 Å². The second-order valence-electron chi connectivity index (χ2n) is 3.61. The molecule has 0 radical (unpaired) electrons. The van der Waals surface area contributed by atoms with Crippen LogP contribution in [-0.2, 0) is 0 Å². The first-order valence-electron chi connectivity index (χ1n) is 5.22. The zero-order valence-electron chi connectivity index (χ0n) is 9.54. The van der Waals surface area contributed by atoms with Crippen LogP contribution in [0.5, 0.6) is 11.5 Å². The Labute approximate surface area is 113 Å². The third-order valence-electron chi connectivity index (χ3n) is 2.31. The fourth-order valence-corrected chi connectivity index (χ4v) is 1.64. The summed E-state index contributed by atoms with van der Waals surface area (Å²) in [6, 6.07) is 12.4. The van der Waals surface area contributed by atoms with Crippen molar-refractivity contribution in [2.75, 3.05) is 0 Å². The maximum atomic E-state index is 10.9. The Morgan fingerprint density at radius 2 is 2.05 bits per heavy atom. The van der Waals surface area contributed by atoms with Crippen molar-refractivity contribution in [3.8, 4) is 17.6 Å². The molecule has 0 atom stereocenters. The molecular weight excluding hydrogens is 268 g/mol. The average Bonchev–Trinajstić information content (AvgIpc) is 2.41. The highest BCUT2D eigenvalue weighted by molar-refractivity contribution is 6.30. The van der Waals surface area contributed by atoms with E-state index in [1.54, 1.807) is 18.2 Å². The molecule has 94 valence electrons. The Balaban J connectivity index is 2.38. The Morgan fingerprint density at radius 3 is 2.74 bits per heavy atom. The van der Waals surface area contributed by atoms with Gasteiger partial charge in [0.25, 0.3) is 0 Å². The van der Waals surface area contributed by atoms with Crippen molar-refractivity contribution in [1.29, 1.82) is 5.26 Å². The molecule has 0 spiro atoms. The van der Waals surface area contributed by atoms with Gasteiger partial charge in [0.1, 0.15) is 5.75 Å². The summed E-state index contributed by atoms with van der Waals surface area (Å²) >= 11 is 5.71. The second-order valence-corrected chi connectivity index (χ2v) is 4.05. The third kappa shape index (κ3) is 3.00. The molecule has 0 saturated heterocycles. The maximum absolute atomic E-state index is 10.9. The van der Waals surface area contributed by atoms with E-state index in [1.807, 2.05) is 6.07 Å². The molecule has 0 heterocycles. The molecule has 0 aliphatic carbocycles. The van der Waals surface area contributed by atoms with Crippen LogP contribution >= 0.6 is 11.6 Å². The van der Waals surface area contributed by atoms with Gasteiger partial charge in [-0.1, -0.05) is 17.7 Å². The van der Waals surface area contributed by atoms with E-state index >= 15 is 0 Å². The molecule has 6 heteroatoms. The van der Waals surface area contributed by atoms with Crippen LogP contribution < -0.4 is 4.74 Å². The molecule has 0 fully saturated rings. The SMILES string of the molecule is N#Cc1cccc(Oc2ccc(Cl)cc2[N+](=O)[O-])c1. The summed E-state index contributed by atoms with van der Waals surface area (Å²) in [5.41, 5.74) is 0.184. The van der Waals surface area contributed by atoms with E-state index in [9.17, 15) is 10.1 Å². The lowest BCUT2D eigenvalue weighted by Crippen LogP contribution is -1.93. The zero-order chi connectivity index (χ0) is 13.8. The Bertz CT molecular complexity index is 680. The summed E-state index contributed by atoms with van der Waals surface area (Å²) in [6.07, 6.45) is 0. The second kappa shape index (κ2) is 5.38. The Kier molecular flexibility index (Phi) is 3.64. The highest BCUT2D eigenvalue weighted by Crippen LogP contribution is 2.33. The molecule has 19 heavy (non-hydrogen) atoms. The number of nitro groups is 1. The molecule has 2 aromatic carbocycles. The Hall–Kier alpha value is -2.58. The highest BCUT2D eigenvalue weighted by atomic mass is 35.5.